The smallest absolute Gasteiger partial charge is 0.323 e. The minimum Gasteiger partial charge on any atom is -0.465 e. The van der Waals surface area contributed by atoms with Gasteiger partial charge in [-0.2, -0.15) is 0 Å². The fraction of sp³-hybridized carbons (Fsp3) is 0.929. The molecule has 0 saturated carbocycles. The molecule has 0 aliphatic carbocycles. The summed E-state index contributed by atoms with van der Waals surface area (Å²) in [4.78, 5) is 13.9. The number of rotatable bonds is 9. The van der Waals surface area contributed by atoms with E-state index >= 15 is 0 Å². The van der Waals surface area contributed by atoms with Gasteiger partial charge >= 0.3 is 5.97 Å². The van der Waals surface area contributed by atoms with Gasteiger partial charge < -0.3 is 15.0 Å². The maximum absolute atomic E-state index is 11.9. The monoisotopic (exact) mass is 320 g/mol. The van der Waals surface area contributed by atoms with Crippen LogP contribution in [0.3, 0.4) is 0 Å². The maximum Gasteiger partial charge on any atom is 0.323 e. The third-order valence-corrected chi connectivity index (χ3v) is 5.56. The Hall–Kier alpha value is -0.660. The van der Waals surface area contributed by atoms with Gasteiger partial charge in [0, 0.05) is 12.6 Å². The van der Waals surface area contributed by atoms with E-state index in [9.17, 15) is 13.2 Å². The summed E-state index contributed by atoms with van der Waals surface area (Å²) in [5, 5.41) is 3.20. The number of nitrogens with zero attached hydrogens (tertiary/aromatic N) is 1. The van der Waals surface area contributed by atoms with Crippen molar-refractivity contribution < 1.29 is 17.9 Å². The lowest BCUT2D eigenvalue weighted by atomic mass is 10.1. The molecule has 21 heavy (non-hydrogen) atoms. The van der Waals surface area contributed by atoms with Crippen LogP contribution in [0.5, 0.6) is 0 Å². The molecule has 1 heterocycles. The van der Waals surface area contributed by atoms with Gasteiger partial charge in [-0.25, -0.2) is 8.42 Å². The van der Waals surface area contributed by atoms with Gasteiger partial charge in [0.1, 0.15) is 6.04 Å². The van der Waals surface area contributed by atoms with Crippen LogP contribution >= 0.6 is 0 Å². The minimum atomic E-state index is -2.87. The summed E-state index contributed by atoms with van der Waals surface area (Å²) in [6.45, 7) is 5.67. The zero-order chi connectivity index (χ0) is 15.9. The topological polar surface area (TPSA) is 75.7 Å². The molecule has 2 unspecified atom stereocenters. The third-order valence-electron chi connectivity index (χ3n) is 3.81. The van der Waals surface area contributed by atoms with Gasteiger partial charge in [-0.3, -0.25) is 4.79 Å². The quantitative estimate of drug-likeness (QED) is 0.621. The van der Waals surface area contributed by atoms with Gasteiger partial charge in [0.15, 0.2) is 9.84 Å². The molecule has 1 rings (SSSR count). The number of ether oxygens (including phenoxy) is 1. The molecular formula is C14H28N2O4S. The van der Waals surface area contributed by atoms with Gasteiger partial charge in [0.2, 0.25) is 0 Å². The Bertz CT molecular complexity index is 425. The number of nitrogens with one attached hydrogen (secondary N) is 1. The first-order chi connectivity index (χ1) is 9.89. The first-order valence-corrected chi connectivity index (χ1v) is 9.52. The zero-order valence-corrected chi connectivity index (χ0v) is 14.1. The third kappa shape index (κ3) is 6.32. The molecule has 0 aromatic heterocycles. The molecule has 1 N–H and O–H groups in total. The molecule has 0 bridgehead atoms. The van der Waals surface area contributed by atoms with E-state index in [2.05, 4.69) is 5.32 Å². The van der Waals surface area contributed by atoms with Crippen LogP contribution in [0.4, 0.5) is 0 Å². The van der Waals surface area contributed by atoms with E-state index in [1.165, 1.54) is 0 Å². The van der Waals surface area contributed by atoms with E-state index in [1.807, 2.05) is 18.9 Å². The second-order valence-electron chi connectivity index (χ2n) is 5.58. The minimum absolute atomic E-state index is 0.0732. The Morgan fingerprint density at radius 1 is 1.43 bits per heavy atom. The summed E-state index contributed by atoms with van der Waals surface area (Å²) in [6.07, 6.45) is 2.27. The molecule has 0 radical (unpaired) electrons. The van der Waals surface area contributed by atoms with Crippen molar-refractivity contribution in [3.05, 3.63) is 0 Å². The van der Waals surface area contributed by atoms with Crippen LogP contribution in [0.2, 0.25) is 0 Å². The van der Waals surface area contributed by atoms with Crippen LogP contribution in [0, 0.1) is 0 Å². The lowest BCUT2D eigenvalue weighted by Gasteiger charge is -2.25. The predicted molar refractivity (Wildman–Crippen MR) is 83.0 cm³/mol. The summed E-state index contributed by atoms with van der Waals surface area (Å²) in [5.41, 5.74) is 0. The van der Waals surface area contributed by atoms with Gasteiger partial charge in [-0.05, 0) is 39.8 Å². The van der Waals surface area contributed by atoms with E-state index in [1.54, 1.807) is 6.92 Å². The normalized spacial score (nSPS) is 22.4. The fourth-order valence-electron chi connectivity index (χ4n) is 2.50. The van der Waals surface area contributed by atoms with E-state index in [0.717, 1.165) is 13.0 Å². The molecule has 2 atom stereocenters. The lowest BCUT2D eigenvalue weighted by Crippen LogP contribution is -2.42. The summed E-state index contributed by atoms with van der Waals surface area (Å²) in [6, 6.07) is -0.241. The van der Waals surface area contributed by atoms with Crippen molar-refractivity contribution in [2.45, 2.75) is 45.2 Å². The number of carbonyl (C=O) groups is 1. The largest absolute Gasteiger partial charge is 0.465 e. The number of hydrogen-bond donors (Lipinski definition) is 1. The van der Waals surface area contributed by atoms with Crippen molar-refractivity contribution in [2.24, 2.45) is 0 Å². The van der Waals surface area contributed by atoms with Crippen LogP contribution in [-0.2, 0) is 19.4 Å². The first-order valence-electron chi connectivity index (χ1n) is 7.70. The van der Waals surface area contributed by atoms with Crippen LogP contribution < -0.4 is 5.32 Å². The van der Waals surface area contributed by atoms with Crippen LogP contribution in [0.1, 0.15) is 33.1 Å². The lowest BCUT2D eigenvalue weighted by molar-refractivity contribution is -0.145. The molecule has 1 aliphatic heterocycles. The second kappa shape index (κ2) is 8.70. The predicted octanol–water partition coefficient (Wildman–Crippen LogP) is 0.427. The molecule has 6 nitrogen and oxygen atoms in total. The molecule has 1 fully saturated rings. The maximum atomic E-state index is 11.9. The molecule has 1 aliphatic rings. The van der Waals surface area contributed by atoms with Gasteiger partial charge in [-0.1, -0.05) is 6.92 Å². The van der Waals surface area contributed by atoms with Crippen LogP contribution in [-0.4, -0.2) is 69.6 Å². The molecule has 124 valence electrons. The van der Waals surface area contributed by atoms with Crippen molar-refractivity contribution in [1.29, 1.82) is 0 Å². The molecule has 0 aromatic rings. The average Bonchev–Trinajstić information content (AvgIpc) is 2.79. The van der Waals surface area contributed by atoms with E-state index in [0.29, 0.717) is 26.0 Å². The summed E-state index contributed by atoms with van der Waals surface area (Å²) >= 11 is 0. The number of sulfone groups is 1. The average molecular weight is 320 g/mol. The van der Waals surface area contributed by atoms with Crippen molar-refractivity contribution >= 4 is 15.8 Å². The highest BCUT2D eigenvalue weighted by Gasteiger charge is 2.31. The SMILES string of the molecule is CCCNC(CCN(C)C1CCS(=O)(=O)C1)C(=O)OCC. The zero-order valence-electron chi connectivity index (χ0n) is 13.3. The summed E-state index contributed by atoms with van der Waals surface area (Å²) in [5.74, 6) is 0.284. The van der Waals surface area contributed by atoms with Crippen molar-refractivity contribution in [3.63, 3.8) is 0 Å². The second-order valence-corrected chi connectivity index (χ2v) is 7.81. The van der Waals surface area contributed by atoms with Gasteiger partial charge in [0.05, 0.1) is 18.1 Å². The van der Waals surface area contributed by atoms with E-state index in [4.69, 9.17) is 4.74 Å². The molecule has 0 spiro atoms. The Kier molecular flexibility index (Phi) is 7.62. The number of esters is 1. The highest BCUT2D eigenvalue weighted by atomic mass is 32.2. The highest BCUT2D eigenvalue weighted by molar-refractivity contribution is 7.91. The van der Waals surface area contributed by atoms with Crippen molar-refractivity contribution in [2.75, 3.05) is 38.2 Å². The molecule has 0 aromatic carbocycles. The van der Waals surface area contributed by atoms with Crippen LogP contribution in [0.25, 0.3) is 0 Å². The van der Waals surface area contributed by atoms with E-state index in [-0.39, 0.29) is 29.6 Å². The molecular weight excluding hydrogens is 292 g/mol. The van der Waals surface area contributed by atoms with E-state index < -0.39 is 9.84 Å². The van der Waals surface area contributed by atoms with Gasteiger partial charge in [0.25, 0.3) is 0 Å². The molecule has 7 heteroatoms. The Morgan fingerprint density at radius 2 is 2.14 bits per heavy atom. The first kappa shape index (κ1) is 18.4. The Balaban J connectivity index is 2.46. The van der Waals surface area contributed by atoms with Crippen molar-refractivity contribution in [1.82, 2.24) is 10.2 Å². The summed E-state index contributed by atoms with van der Waals surface area (Å²) < 4.78 is 28.1. The molecule has 0 amide bonds. The number of hydrogen-bond acceptors (Lipinski definition) is 6. The summed E-state index contributed by atoms with van der Waals surface area (Å²) in [7, 11) is -0.943. The Labute approximate surface area is 128 Å². The standard InChI is InChI=1S/C14H28N2O4S/c1-4-8-15-13(14(17)20-5-2)6-9-16(3)12-7-10-21(18,19)11-12/h12-13,15H,4-11H2,1-3H3. The van der Waals surface area contributed by atoms with Gasteiger partial charge in [-0.15, -0.1) is 0 Å². The van der Waals surface area contributed by atoms with Crippen LogP contribution in [0.15, 0.2) is 0 Å². The molecule has 1 saturated heterocycles. The Morgan fingerprint density at radius 3 is 2.67 bits per heavy atom. The fourth-order valence-corrected chi connectivity index (χ4v) is 4.31. The highest BCUT2D eigenvalue weighted by Crippen LogP contribution is 2.16. The number of carbonyl (C=O) groups excluding carboxylic acids is 1. The van der Waals surface area contributed by atoms with Crippen molar-refractivity contribution in [3.8, 4) is 0 Å².